The maximum absolute atomic E-state index is 13.9. The van der Waals surface area contributed by atoms with Crippen LogP contribution in [0.15, 0.2) is 36.4 Å². The fourth-order valence-electron chi connectivity index (χ4n) is 5.12. The monoisotopic (exact) mass is 638 g/mol. The summed E-state index contributed by atoms with van der Waals surface area (Å²) in [6.45, 7) is 5.98. The minimum Gasteiger partial charge on any atom is -0.446 e. The fourth-order valence-corrected chi connectivity index (χ4v) is 5.12. The van der Waals surface area contributed by atoms with Gasteiger partial charge in [-0.1, -0.05) is 18.9 Å². The predicted octanol–water partition coefficient (Wildman–Crippen LogP) is 7.78. The van der Waals surface area contributed by atoms with Crippen LogP contribution >= 0.6 is 0 Å². The van der Waals surface area contributed by atoms with E-state index in [1.165, 1.54) is 9.80 Å². The first-order valence-corrected chi connectivity index (χ1v) is 13.3. The van der Waals surface area contributed by atoms with Gasteiger partial charge in [0.05, 0.1) is 34.5 Å². The third kappa shape index (κ3) is 7.01. The number of ether oxygens (including phenoxy) is 1. The molecule has 0 saturated heterocycles. The summed E-state index contributed by atoms with van der Waals surface area (Å²) < 4.78 is 129. The summed E-state index contributed by atoms with van der Waals surface area (Å²) in [5.74, 6) is -0.629. The second-order valence-corrected chi connectivity index (χ2v) is 10.9. The lowest BCUT2D eigenvalue weighted by Crippen LogP contribution is -2.50. The van der Waals surface area contributed by atoms with E-state index in [1.807, 2.05) is 0 Å². The maximum atomic E-state index is 13.9. The normalized spacial score (nSPS) is 17.7. The van der Waals surface area contributed by atoms with E-state index in [2.05, 4.69) is 20.6 Å². The van der Waals surface area contributed by atoms with E-state index in [0.29, 0.717) is 12.1 Å². The molecular formula is C27H27F9N6O2. The number of tetrazole rings is 1. The number of fused-ring (bicyclic) bond motifs is 1. The number of H-pyrrole nitrogens is 1. The Bertz CT molecular complexity index is 1440. The highest BCUT2D eigenvalue weighted by atomic mass is 19.4. The van der Waals surface area contributed by atoms with Crippen LogP contribution in [0.3, 0.4) is 0 Å². The third-order valence-electron chi connectivity index (χ3n) is 7.04. The molecule has 4 rings (SSSR count). The van der Waals surface area contributed by atoms with Crippen molar-refractivity contribution in [2.75, 3.05) is 9.80 Å². The van der Waals surface area contributed by atoms with Gasteiger partial charge in [0.25, 0.3) is 5.95 Å². The topological polar surface area (TPSA) is 87.2 Å². The Labute approximate surface area is 245 Å². The quantitative estimate of drug-likeness (QED) is 0.278. The number of rotatable bonds is 6. The van der Waals surface area contributed by atoms with E-state index in [0.717, 1.165) is 18.2 Å². The van der Waals surface area contributed by atoms with Gasteiger partial charge in [-0.15, -0.1) is 5.10 Å². The molecule has 0 radical (unpaired) electrons. The second-order valence-electron chi connectivity index (χ2n) is 10.9. The van der Waals surface area contributed by atoms with E-state index >= 15 is 0 Å². The van der Waals surface area contributed by atoms with Gasteiger partial charge in [0.1, 0.15) is 0 Å². The predicted molar refractivity (Wildman–Crippen MR) is 138 cm³/mol. The summed E-state index contributed by atoms with van der Waals surface area (Å²) in [7, 11) is 0. The van der Waals surface area contributed by atoms with Gasteiger partial charge >= 0.3 is 24.6 Å². The lowest BCUT2D eigenvalue weighted by Gasteiger charge is -2.45. The maximum Gasteiger partial charge on any atom is 0.416 e. The molecule has 0 saturated carbocycles. The van der Waals surface area contributed by atoms with Crippen molar-refractivity contribution in [2.45, 2.75) is 77.4 Å². The SMILES string of the molecule is CC(C)OC(=O)N1c2ccc(C(F)(F)F)cc2[C@@H](N(Cc2cc(C(F)(F)F)cc(C(F)(F)F)c2)c2nn[nH]n2)C[C@H]1C(C)C. The standard InChI is InChI=1S/C27H27F9N6O2/c1-13(2)21-11-22(19-10-16(25(28,29)30)5-6-20(19)42(21)24(43)44-14(3)4)41(23-37-39-40-38-23)12-15-7-17(26(31,32)33)9-18(8-15)27(34,35)36/h5-10,13-14,21-22H,11-12H2,1-4H3,(H,37,38,39,40)/t21-,22-/m0/s1. The Balaban J connectivity index is 1.93. The highest BCUT2D eigenvalue weighted by Crippen LogP contribution is 2.46. The van der Waals surface area contributed by atoms with Gasteiger partial charge in [-0.05, 0) is 78.9 Å². The van der Waals surface area contributed by atoms with Crippen molar-refractivity contribution in [3.8, 4) is 0 Å². The molecule has 2 heterocycles. The van der Waals surface area contributed by atoms with Gasteiger partial charge in [-0.2, -0.15) is 44.7 Å². The molecule has 1 aliphatic rings. The zero-order valence-electron chi connectivity index (χ0n) is 23.6. The van der Waals surface area contributed by atoms with Gasteiger partial charge in [-0.25, -0.2) is 4.79 Å². The first kappa shape index (κ1) is 32.9. The molecule has 0 spiro atoms. The fraction of sp³-hybridized carbons (Fsp3) is 0.481. The summed E-state index contributed by atoms with van der Waals surface area (Å²) in [6.07, 6.45) is -16.6. The molecule has 1 aromatic heterocycles. The van der Waals surface area contributed by atoms with Crippen molar-refractivity contribution in [3.63, 3.8) is 0 Å². The van der Waals surface area contributed by atoms with E-state index in [1.54, 1.807) is 27.7 Å². The van der Waals surface area contributed by atoms with Crippen molar-refractivity contribution >= 4 is 17.7 Å². The van der Waals surface area contributed by atoms with Crippen LogP contribution in [0, 0.1) is 5.92 Å². The zero-order valence-corrected chi connectivity index (χ0v) is 23.6. The lowest BCUT2D eigenvalue weighted by atomic mass is 9.84. The number of nitrogens with one attached hydrogen (secondary N) is 1. The summed E-state index contributed by atoms with van der Waals surface area (Å²) >= 11 is 0. The highest BCUT2D eigenvalue weighted by Gasteiger charge is 2.44. The number of amides is 1. The molecule has 2 atom stereocenters. The molecule has 240 valence electrons. The number of benzene rings is 2. The number of alkyl halides is 9. The van der Waals surface area contributed by atoms with Gasteiger partial charge in [0.15, 0.2) is 0 Å². The van der Waals surface area contributed by atoms with Crippen LogP contribution in [0.5, 0.6) is 0 Å². The van der Waals surface area contributed by atoms with Gasteiger partial charge in [0, 0.05) is 12.6 Å². The van der Waals surface area contributed by atoms with Crippen molar-refractivity contribution in [1.29, 1.82) is 0 Å². The molecule has 1 amide bonds. The molecule has 17 heteroatoms. The second kappa shape index (κ2) is 11.8. The number of aromatic nitrogens is 4. The molecule has 0 unspecified atom stereocenters. The summed E-state index contributed by atoms with van der Waals surface area (Å²) in [4.78, 5) is 15.6. The molecule has 3 aromatic rings. The number of hydrogen-bond acceptors (Lipinski definition) is 6. The van der Waals surface area contributed by atoms with Gasteiger partial charge in [0.2, 0.25) is 0 Å². The Morgan fingerprint density at radius 1 is 0.932 bits per heavy atom. The van der Waals surface area contributed by atoms with Crippen LogP contribution in [-0.4, -0.2) is 38.9 Å². The van der Waals surface area contributed by atoms with Crippen molar-refractivity contribution in [3.05, 3.63) is 64.2 Å². The summed E-state index contributed by atoms with van der Waals surface area (Å²) in [5, 5.41) is 13.3. The van der Waals surface area contributed by atoms with Crippen LogP contribution in [0.4, 0.5) is 55.9 Å². The number of carbonyl (C=O) groups excluding carboxylic acids is 1. The molecule has 0 bridgehead atoms. The van der Waals surface area contributed by atoms with Crippen LogP contribution in [0.1, 0.15) is 68.0 Å². The number of aromatic amines is 1. The van der Waals surface area contributed by atoms with E-state index in [-0.39, 0.29) is 35.6 Å². The van der Waals surface area contributed by atoms with Crippen LogP contribution in [0.25, 0.3) is 0 Å². The van der Waals surface area contributed by atoms with Crippen LogP contribution in [-0.2, 0) is 29.8 Å². The first-order chi connectivity index (χ1) is 20.3. The minimum atomic E-state index is -5.13. The molecular weight excluding hydrogens is 611 g/mol. The van der Waals surface area contributed by atoms with Crippen LogP contribution in [0.2, 0.25) is 0 Å². The largest absolute Gasteiger partial charge is 0.446 e. The third-order valence-corrected chi connectivity index (χ3v) is 7.04. The molecule has 2 aromatic carbocycles. The van der Waals surface area contributed by atoms with Crippen molar-refractivity contribution in [1.82, 2.24) is 20.6 Å². The number of nitrogens with zero attached hydrogens (tertiary/aromatic N) is 5. The van der Waals surface area contributed by atoms with Gasteiger partial charge < -0.3 is 9.64 Å². The minimum absolute atomic E-state index is 0.0205. The van der Waals surface area contributed by atoms with Crippen LogP contribution < -0.4 is 9.80 Å². The molecule has 44 heavy (non-hydrogen) atoms. The molecule has 8 nitrogen and oxygen atoms in total. The zero-order chi connectivity index (χ0) is 32.8. The number of anilines is 2. The Kier molecular flexibility index (Phi) is 8.81. The molecule has 0 fully saturated rings. The first-order valence-electron chi connectivity index (χ1n) is 13.3. The molecule has 1 N–H and O–H groups in total. The van der Waals surface area contributed by atoms with Crippen molar-refractivity contribution < 1.29 is 49.0 Å². The average molecular weight is 639 g/mol. The lowest BCUT2D eigenvalue weighted by molar-refractivity contribution is -0.143. The van der Waals surface area contributed by atoms with E-state index < -0.39 is 71.6 Å². The van der Waals surface area contributed by atoms with E-state index in [4.69, 9.17) is 4.74 Å². The molecule has 1 aliphatic heterocycles. The molecule has 0 aliphatic carbocycles. The summed E-state index contributed by atoms with van der Waals surface area (Å²) in [5.41, 5.74) is -4.76. The smallest absolute Gasteiger partial charge is 0.416 e. The summed E-state index contributed by atoms with van der Waals surface area (Å²) in [6, 6.07) is 1.76. The van der Waals surface area contributed by atoms with Gasteiger partial charge in [-0.3, -0.25) is 4.90 Å². The number of carbonyl (C=O) groups is 1. The Morgan fingerprint density at radius 3 is 2.00 bits per heavy atom. The Morgan fingerprint density at radius 2 is 1.52 bits per heavy atom. The van der Waals surface area contributed by atoms with Crippen molar-refractivity contribution in [2.24, 2.45) is 5.92 Å². The highest BCUT2D eigenvalue weighted by molar-refractivity contribution is 5.90. The van der Waals surface area contributed by atoms with E-state index in [9.17, 15) is 44.3 Å². The number of hydrogen-bond donors (Lipinski definition) is 1. The number of halogens is 9. The Hall–Kier alpha value is -4.05. The average Bonchev–Trinajstić information content (AvgIpc) is 3.43.